The third-order valence-electron chi connectivity index (χ3n) is 5.83. The molecular weight excluding hydrogens is 402 g/mol. The summed E-state index contributed by atoms with van der Waals surface area (Å²) in [6, 6.07) is 4.95. The van der Waals surface area contributed by atoms with E-state index in [1.807, 2.05) is 0 Å². The average Bonchev–Trinajstić information content (AvgIpc) is 3.25. The first-order valence-corrected chi connectivity index (χ1v) is 12.6. The molecule has 2 aliphatic rings. The first-order chi connectivity index (χ1) is 14.4. The molecule has 1 saturated carbocycles. The van der Waals surface area contributed by atoms with E-state index in [1.165, 1.54) is 30.0 Å². The first kappa shape index (κ1) is 23.0. The second kappa shape index (κ2) is 10.6. The van der Waals surface area contributed by atoms with Crippen LogP contribution in [0.2, 0.25) is 0 Å². The molecule has 8 heteroatoms. The van der Waals surface area contributed by atoms with E-state index in [4.69, 9.17) is 4.74 Å². The summed E-state index contributed by atoms with van der Waals surface area (Å²) < 4.78 is 32.8. The van der Waals surface area contributed by atoms with E-state index in [0.717, 1.165) is 18.7 Å². The standard InChI is InChI=1S/C22H35N3O4S/c1-17(2)16-23-20-9-8-19(30(27,28)25-11-13-29-14-12-25)15-21(20)24-22(26)10-7-18-5-3-4-6-18/h8-9,15,17-18,23H,3-7,10-14,16H2,1-2H3,(H,24,26). The predicted molar refractivity (Wildman–Crippen MR) is 119 cm³/mol. The minimum Gasteiger partial charge on any atom is -0.383 e. The van der Waals surface area contributed by atoms with Crippen LogP contribution in [-0.4, -0.2) is 51.5 Å². The van der Waals surface area contributed by atoms with Gasteiger partial charge in [-0.3, -0.25) is 4.79 Å². The largest absolute Gasteiger partial charge is 0.383 e. The number of nitrogens with zero attached hydrogens (tertiary/aromatic N) is 1. The Bertz CT molecular complexity index is 814. The number of anilines is 2. The lowest BCUT2D eigenvalue weighted by Gasteiger charge is -2.26. The minimum absolute atomic E-state index is 0.0598. The van der Waals surface area contributed by atoms with Gasteiger partial charge in [0.05, 0.1) is 29.5 Å². The van der Waals surface area contributed by atoms with Gasteiger partial charge in [0.15, 0.2) is 0 Å². The molecule has 1 heterocycles. The number of carbonyl (C=O) groups excluding carboxylic acids is 1. The van der Waals surface area contributed by atoms with E-state index in [1.54, 1.807) is 18.2 Å². The quantitative estimate of drug-likeness (QED) is 0.615. The highest BCUT2D eigenvalue weighted by molar-refractivity contribution is 7.89. The third-order valence-corrected chi connectivity index (χ3v) is 7.72. The van der Waals surface area contributed by atoms with Gasteiger partial charge < -0.3 is 15.4 Å². The lowest BCUT2D eigenvalue weighted by molar-refractivity contribution is -0.116. The van der Waals surface area contributed by atoms with Crippen molar-refractivity contribution in [2.45, 2.75) is 57.3 Å². The Morgan fingerprint density at radius 3 is 2.53 bits per heavy atom. The summed E-state index contributed by atoms with van der Waals surface area (Å²) >= 11 is 0. The molecule has 1 amide bonds. The molecule has 0 spiro atoms. The van der Waals surface area contributed by atoms with E-state index >= 15 is 0 Å². The third kappa shape index (κ3) is 6.18. The molecule has 2 N–H and O–H groups in total. The van der Waals surface area contributed by atoms with E-state index in [0.29, 0.717) is 50.2 Å². The average molecular weight is 438 g/mol. The Morgan fingerprint density at radius 2 is 1.87 bits per heavy atom. The van der Waals surface area contributed by atoms with Crippen molar-refractivity contribution in [1.82, 2.24) is 4.31 Å². The second-order valence-corrected chi connectivity index (χ2v) is 10.7. The maximum atomic E-state index is 13.0. The highest BCUT2D eigenvalue weighted by atomic mass is 32.2. The molecule has 0 radical (unpaired) electrons. The van der Waals surface area contributed by atoms with Crippen molar-refractivity contribution >= 4 is 27.3 Å². The molecule has 1 aromatic carbocycles. The fraction of sp³-hybridized carbons (Fsp3) is 0.682. The molecule has 1 aliphatic heterocycles. The van der Waals surface area contributed by atoms with Gasteiger partial charge in [-0.2, -0.15) is 4.31 Å². The summed E-state index contributed by atoms with van der Waals surface area (Å²) in [4.78, 5) is 12.8. The zero-order valence-corrected chi connectivity index (χ0v) is 19.0. The number of amides is 1. The van der Waals surface area contributed by atoms with Crippen molar-refractivity contribution in [2.75, 3.05) is 43.5 Å². The second-order valence-electron chi connectivity index (χ2n) is 8.74. The molecule has 1 aromatic rings. The molecule has 0 aromatic heterocycles. The number of hydrogen-bond donors (Lipinski definition) is 2. The Hall–Kier alpha value is -1.64. The van der Waals surface area contributed by atoms with Crippen LogP contribution in [0.1, 0.15) is 52.4 Å². The monoisotopic (exact) mass is 437 g/mol. The van der Waals surface area contributed by atoms with Gasteiger partial charge in [-0.05, 0) is 36.5 Å². The summed E-state index contributed by atoms with van der Waals surface area (Å²) in [5.74, 6) is 1.01. The Balaban J connectivity index is 1.76. The number of benzene rings is 1. The molecule has 0 bridgehead atoms. The lowest BCUT2D eigenvalue weighted by atomic mass is 10.0. The highest BCUT2D eigenvalue weighted by Crippen LogP contribution is 2.30. The van der Waals surface area contributed by atoms with Crippen LogP contribution in [0.4, 0.5) is 11.4 Å². The van der Waals surface area contributed by atoms with Crippen molar-refractivity contribution in [3.05, 3.63) is 18.2 Å². The number of rotatable bonds is 9. The normalized spacial score (nSPS) is 18.6. The van der Waals surface area contributed by atoms with Crippen LogP contribution in [0.5, 0.6) is 0 Å². The van der Waals surface area contributed by atoms with E-state index in [-0.39, 0.29) is 10.8 Å². The van der Waals surface area contributed by atoms with Crippen molar-refractivity contribution in [1.29, 1.82) is 0 Å². The summed E-state index contributed by atoms with van der Waals surface area (Å²) in [7, 11) is -3.62. The van der Waals surface area contributed by atoms with Gasteiger partial charge in [0.25, 0.3) is 0 Å². The van der Waals surface area contributed by atoms with Gasteiger partial charge in [-0.1, -0.05) is 39.5 Å². The molecule has 168 valence electrons. The van der Waals surface area contributed by atoms with Crippen LogP contribution in [-0.2, 0) is 19.6 Å². The maximum Gasteiger partial charge on any atom is 0.243 e. The summed E-state index contributed by atoms with van der Waals surface area (Å²) in [6.45, 7) is 6.43. The van der Waals surface area contributed by atoms with E-state index in [9.17, 15) is 13.2 Å². The van der Waals surface area contributed by atoms with Gasteiger partial charge in [0, 0.05) is 26.1 Å². The number of nitrogens with one attached hydrogen (secondary N) is 2. The van der Waals surface area contributed by atoms with Gasteiger partial charge in [-0.15, -0.1) is 0 Å². The molecule has 1 aliphatic carbocycles. The van der Waals surface area contributed by atoms with Crippen LogP contribution in [0.25, 0.3) is 0 Å². The number of carbonyl (C=O) groups is 1. The Morgan fingerprint density at radius 1 is 1.17 bits per heavy atom. The van der Waals surface area contributed by atoms with Gasteiger partial charge in [0.1, 0.15) is 0 Å². The molecular formula is C22H35N3O4S. The number of hydrogen-bond acceptors (Lipinski definition) is 5. The lowest BCUT2D eigenvalue weighted by Crippen LogP contribution is -2.40. The summed E-state index contributed by atoms with van der Waals surface area (Å²) in [5.41, 5.74) is 1.28. The fourth-order valence-corrected chi connectivity index (χ4v) is 5.47. The van der Waals surface area contributed by atoms with Gasteiger partial charge in [-0.25, -0.2) is 8.42 Å². The van der Waals surface area contributed by atoms with Gasteiger partial charge in [0.2, 0.25) is 15.9 Å². The molecule has 2 fully saturated rings. The molecule has 0 unspecified atom stereocenters. The summed E-state index contributed by atoms with van der Waals surface area (Å²) in [6.07, 6.45) is 6.30. The van der Waals surface area contributed by atoms with Crippen LogP contribution < -0.4 is 10.6 Å². The molecule has 7 nitrogen and oxygen atoms in total. The number of morpholine rings is 1. The maximum absolute atomic E-state index is 13.0. The molecule has 3 rings (SSSR count). The smallest absolute Gasteiger partial charge is 0.243 e. The van der Waals surface area contributed by atoms with Crippen LogP contribution in [0, 0.1) is 11.8 Å². The van der Waals surface area contributed by atoms with Crippen molar-refractivity contribution in [3.8, 4) is 0 Å². The first-order valence-electron chi connectivity index (χ1n) is 11.1. The predicted octanol–water partition coefficient (Wildman–Crippen LogP) is 3.68. The van der Waals surface area contributed by atoms with Crippen molar-refractivity contribution < 1.29 is 17.9 Å². The van der Waals surface area contributed by atoms with Gasteiger partial charge >= 0.3 is 0 Å². The van der Waals surface area contributed by atoms with Crippen molar-refractivity contribution in [3.63, 3.8) is 0 Å². The number of sulfonamides is 1. The highest BCUT2D eigenvalue weighted by Gasteiger charge is 2.27. The SMILES string of the molecule is CC(C)CNc1ccc(S(=O)(=O)N2CCOCC2)cc1NC(=O)CCC1CCCC1. The molecule has 0 atom stereocenters. The zero-order valence-electron chi connectivity index (χ0n) is 18.2. The van der Waals surface area contributed by atoms with Crippen LogP contribution in [0.3, 0.4) is 0 Å². The van der Waals surface area contributed by atoms with Crippen LogP contribution >= 0.6 is 0 Å². The van der Waals surface area contributed by atoms with E-state index < -0.39 is 10.0 Å². The topological polar surface area (TPSA) is 87.7 Å². The Labute approximate surface area is 180 Å². The summed E-state index contributed by atoms with van der Waals surface area (Å²) in [5, 5.41) is 6.29. The van der Waals surface area contributed by atoms with Crippen LogP contribution in [0.15, 0.2) is 23.1 Å². The molecule has 30 heavy (non-hydrogen) atoms. The zero-order chi connectivity index (χ0) is 21.6. The van der Waals surface area contributed by atoms with Crippen molar-refractivity contribution in [2.24, 2.45) is 11.8 Å². The van der Waals surface area contributed by atoms with E-state index in [2.05, 4.69) is 24.5 Å². The fourth-order valence-electron chi connectivity index (χ4n) is 4.04. The number of ether oxygens (including phenoxy) is 1. The Kier molecular flexibility index (Phi) is 8.13. The molecule has 1 saturated heterocycles. The minimum atomic E-state index is -3.62.